The number of carbonyl (C=O) groups excluding carboxylic acids is 1. The molecular weight excluding hydrogens is 228 g/mol. The van der Waals surface area contributed by atoms with Crippen molar-refractivity contribution in [3.8, 4) is 0 Å². The van der Waals surface area contributed by atoms with Crippen LogP contribution >= 0.6 is 0 Å². The molecule has 1 rings (SSSR count). The molecule has 0 atom stereocenters. The van der Waals surface area contributed by atoms with E-state index in [1.165, 1.54) is 25.1 Å². The van der Waals surface area contributed by atoms with Crippen molar-refractivity contribution in [1.29, 1.82) is 0 Å². The van der Waals surface area contributed by atoms with E-state index in [1.54, 1.807) is 0 Å². The fraction of sp³-hybridized carbons (Fsp3) is 0.200. The molecule has 0 unspecified atom stereocenters. The molecule has 1 aromatic carbocycles. The van der Waals surface area contributed by atoms with E-state index in [2.05, 4.69) is 0 Å². The normalized spacial score (nSPS) is 9.71. The van der Waals surface area contributed by atoms with Crippen molar-refractivity contribution in [2.75, 3.05) is 11.4 Å². The maximum Gasteiger partial charge on any atom is 0.323 e. The summed E-state index contributed by atoms with van der Waals surface area (Å²) in [4.78, 5) is 32.7. The number of anilines is 1. The van der Waals surface area contributed by atoms with Gasteiger partial charge < -0.3 is 10.0 Å². The fourth-order valence-corrected chi connectivity index (χ4v) is 1.29. The van der Waals surface area contributed by atoms with Crippen LogP contribution in [0.3, 0.4) is 0 Å². The number of hydrogen-bond donors (Lipinski definition) is 1. The van der Waals surface area contributed by atoms with Crippen LogP contribution in [0.4, 0.5) is 11.4 Å². The third-order valence-corrected chi connectivity index (χ3v) is 2.03. The highest BCUT2D eigenvalue weighted by Gasteiger charge is 2.17. The summed E-state index contributed by atoms with van der Waals surface area (Å²) < 4.78 is 0. The summed E-state index contributed by atoms with van der Waals surface area (Å²) in [6.45, 7) is 0.665. The van der Waals surface area contributed by atoms with E-state index in [1.807, 2.05) is 0 Å². The van der Waals surface area contributed by atoms with Crippen molar-refractivity contribution in [3.63, 3.8) is 0 Å². The first-order valence-electron chi connectivity index (χ1n) is 4.66. The van der Waals surface area contributed by atoms with Gasteiger partial charge in [0, 0.05) is 19.1 Å². The van der Waals surface area contributed by atoms with Crippen LogP contribution in [-0.2, 0) is 9.59 Å². The Balaban J connectivity index is 3.10. The molecule has 0 aliphatic carbocycles. The number of carbonyl (C=O) groups is 2. The van der Waals surface area contributed by atoms with Gasteiger partial charge in [-0.05, 0) is 6.07 Å². The molecule has 0 fully saturated rings. The average molecular weight is 238 g/mol. The molecule has 0 radical (unpaired) electrons. The molecule has 90 valence electrons. The minimum atomic E-state index is -1.19. The highest BCUT2D eigenvalue weighted by molar-refractivity contribution is 5.96. The van der Waals surface area contributed by atoms with E-state index in [0.29, 0.717) is 0 Å². The fourth-order valence-electron chi connectivity index (χ4n) is 1.29. The third kappa shape index (κ3) is 3.26. The summed E-state index contributed by atoms with van der Waals surface area (Å²) in [6, 6.07) is 5.26. The van der Waals surface area contributed by atoms with Crippen LogP contribution in [0.25, 0.3) is 0 Å². The molecule has 0 aliphatic rings. The van der Waals surface area contributed by atoms with Crippen molar-refractivity contribution in [3.05, 3.63) is 34.4 Å². The van der Waals surface area contributed by atoms with Gasteiger partial charge in [-0.25, -0.2) is 0 Å². The molecule has 1 aromatic rings. The summed E-state index contributed by atoms with van der Waals surface area (Å²) >= 11 is 0. The van der Waals surface area contributed by atoms with Crippen molar-refractivity contribution in [2.45, 2.75) is 6.92 Å². The van der Waals surface area contributed by atoms with Gasteiger partial charge in [0.2, 0.25) is 5.91 Å². The number of aliphatic carboxylic acids is 1. The number of benzene rings is 1. The predicted molar refractivity (Wildman–Crippen MR) is 58.8 cm³/mol. The van der Waals surface area contributed by atoms with Gasteiger partial charge in [0.1, 0.15) is 6.54 Å². The predicted octanol–water partition coefficient (Wildman–Crippen LogP) is 1.03. The third-order valence-electron chi connectivity index (χ3n) is 2.03. The first-order valence-corrected chi connectivity index (χ1v) is 4.66. The minimum absolute atomic E-state index is 0.189. The van der Waals surface area contributed by atoms with E-state index in [0.717, 1.165) is 11.0 Å². The van der Waals surface area contributed by atoms with Gasteiger partial charge in [-0.2, -0.15) is 0 Å². The largest absolute Gasteiger partial charge is 0.480 e. The maximum absolute atomic E-state index is 11.3. The Labute approximate surface area is 96.4 Å². The molecule has 0 aromatic heterocycles. The Kier molecular flexibility index (Phi) is 3.76. The molecule has 0 spiro atoms. The zero-order chi connectivity index (χ0) is 13.0. The van der Waals surface area contributed by atoms with Gasteiger partial charge in [-0.3, -0.25) is 19.7 Å². The van der Waals surface area contributed by atoms with Gasteiger partial charge in [0.25, 0.3) is 5.69 Å². The van der Waals surface area contributed by atoms with Crippen LogP contribution in [0.1, 0.15) is 6.92 Å². The highest BCUT2D eigenvalue weighted by Crippen LogP contribution is 2.20. The Morgan fingerprint density at radius 3 is 2.59 bits per heavy atom. The number of hydrogen-bond acceptors (Lipinski definition) is 4. The second-order valence-corrected chi connectivity index (χ2v) is 3.28. The highest BCUT2D eigenvalue weighted by atomic mass is 16.6. The molecule has 0 saturated carbocycles. The summed E-state index contributed by atoms with van der Waals surface area (Å²) in [5.41, 5.74) is -0.00626. The molecule has 0 saturated heterocycles. The van der Waals surface area contributed by atoms with Crippen LogP contribution in [0.15, 0.2) is 24.3 Å². The van der Waals surface area contributed by atoms with Gasteiger partial charge >= 0.3 is 5.97 Å². The SMILES string of the molecule is CC(=O)N(CC(=O)O)c1cccc([N+](=O)[O-])c1. The lowest BCUT2D eigenvalue weighted by Gasteiger charge is -2.18. The lowest BCUT2D eigenvalue weighted by Crippen LogP contribution is -2.33. The van der Waals surface area contributed by atoms with Gasteiger partial charge in [-0.15, -0.1) is 0 Å². The van der Waals surface area contributed by atoms with Gasteiger partial charge in [-0.1, -0.05) is 6.07 Å². The molecule has 1 N–H and O–H groups in total. The molecule has 0 bridgehead atoms. The van der Waals surface area contributed by atoms with Crippen molar-refractivity contribution in [2.24, 2.45) is 0 Å². The van der Waals surface area contributed by atoms with E-state index < -0.39 is 23.3 Å². The molecule has 1 amide bonds. The number of non-ortho nitro benzene ring substituents is 1. The number of carboxylic acids is 1. The average Bonchev–Trinajstić information content (AvgIpc) is 2.25. The van der Waals surface area contributed by atoms with Crippen molar-refractivity contribution in [1.82, 2.24) is 0 Å². The van der Waals surface area contributed by atoms with E-state index in [4.69, 9.17) is 5.11 Å². The Hall–Kier alpha value is -2.44. The molecule has 7 heteroatoms. The number of amides is 1. The molecule has 17 heavy (non-hydrogen) atoms. The lowest BCUT2D eigenvalue weighted by atomic mass is 10.2. The summed E-state index contributed by atoms with van der Waals surface area (Å²) in [7, 11) is 0. The van der Waals surface area contributed by atoms with Crippen LogP contribution in [-0.4, -0.2) is 28.5 Å². The lowest BCUT2D eigenvalue weighted by molar-refractivity contribution is -0.384. The summed E-state index contributed by atoms with van der Waals surface area (Å²) in [5, 5.41) is 19.2. The molecule has 7 nitrogen and oxygen atoms in total. The van der Waals surface area contributed by atoms with E-state index in [-0.39, 0.29) is 11.4 Å². The number of nitro benzene ring substituents is 1. The number of carboxylic acid groups (broad SMARTS) is 1. The number of nitrogens with zero attached hydrogens (tertiary/aromatic N) is 2. The molecule has 0 aliphatic heterocycles. The Bertz CT molecular complexity index is 472. The smallest absolute Gasteiger partial charge is 0.323 e. The monoisotopic (exact) mass is 238 g/mol. The first kappa shape index (κ1) is 12.6. The standard InChI is InChI=1S/C10H10N2O5/c1-7(13)11(6-10(14)15)8-3-2-4-9(5-8)12(16)17/h2-5H,6H2,1H3,(H,14,15). The maximum atomic E-state index is 11.3. The summed E-state index contributed by atoms with van der Waals surface area (Å²) in [6.07, 6.45) is 0. The van der Waals surface area contributed by atoms with E-state index >= 15 is 0 Å². The van der Waals surface area contributed by atoms with Gasteiger partial charge in [0.15, 0.2) is 0 Å². The molecular formula is C10H10N2O5. The second-order valence-electron chi connectivity index (χ2n) is 3.28. The quantitative estimate of drug-likeness (QED) is 0.623. The minimum Gasteiger partial charge on any atom is -0.480 e. The zero-order valence-electron chi connectivity index (χ0n) is 8.99. The Morgan fingerprint density at radius 2 is 2.12 bits per heavy atom. The topological polar surface area (TPSA) is 101 Å². The molecule has 0 heterocycles. The van der Waals surface area contributed by atoms with E-state index in [9.17, 15) is 19.7 Å². The van der Waals surface area contributed by atoms with Crippen molar-refractivity contribution < 1.29 is 19.6 Å². The van der Waals surface area contributed by atoms with Crippen LogP contribution in [0, 0.1) is 10.1 Å². The Morgan fingerprint density at radius 1 is 1.47 bits per heavy atom. The number of rotatable bonds is 4. The van der Waals surface area contributed by atoms with Crippen molar-refractivity contribution >= 4 is 23.3 Å². The second kappa shape index (κ2) is 5.06. The zero-order valence-corrected chi connectivity index (χ0v) is 8.99. The first-order chi connectivity index (χ1) is 7.91. The van der Waals surface area contributed by atoms with Crippen LogP contribution in [0.2, 0.25) is 0 Å². The summed E-state index contributed by atoms with van der Waals surface area (Å²) in [5.74, 6) is -1.68. The van der Waals surface area contributed by atoms with Gasteiger partial charge in [0.05, 0.1) is 10.6 Å². The van der Waals surface area contributed by atoms with Crippen LogP contribution in [0.5, 0.6) is 0 Å². The van der Waals surface area contributed by atoms with Crippen LogP contribution < -0.4 is 4.90 Å². The number of nitro groups is 1.